The molecule has 0 aromatic heterocycles. The van der Waals surface area contributed by atoms with E-state index >= 15 is 0 Å². The maximum absolute atomic E-state index is 5.18. The van der Waals surface area contributed by atoms with Crippen LogP contribution in [0.2, 0.25) is 0 Å². The molecule has 0 aromatic rings. The first-order chi connectivity index (χ1) is 3.19. The molecule has 1 heteroatoms. The van der Waals surface area contributed by atoms with Crippen molar-refractivity contribution in [3.05, 3.63) is 0 Å². The summed E-state index contributed by atoms with van der Waals surface area (Å²) in [5.41, 5.74) is 0.194. The average Bonchev–Trinajstić information content (AvgIpc) is 2.18. The predicted octanol–water partition coefficient (Wildman–Crippen LogP) is 1.79. The average molecular weight is 159 g/mol. The largest absolute Gasteiger partial charge is 0.119 e. The van der Waals surface area contributed by atoms with Gasteiger partial charge in [0.2, 0.25) is 0 Å². The zero-order valence-electron chi connectivity index (χ0n) is 4.24. The van der Waals surface area contributed by atoms with Gasteiger partial charge in [0.15, 0.2) is 0 Å². The molecule has 1 aliphatic carbocycles. The molecule has 0 aromatic carbocycles. The SMILES string of the molecule is C#C[C@@]1(C)C[C@@H]1Br. The Kier molecular flexibility index (Phi) is 0.932. The van der Waals surface area contributed by atoms with Gasteiger partial charge in [0.25, 0.3) is 0 Å². The van der Waals surface area contributed by atoms with Gasteiger partial charge in [-0.3, -0.25) is 0 Å². The molecule has 0 unspecified atom stereocenters. The minimum atomic E-state index is 0.194. The lowest BCUT2D eigenvalue weighted by Gasteiger charge is -1.90. The number of alkyl halides is 1. The van der Waals surface area contributed by atoms with Crippen molar-refractivity contribution in [3.63, 3.8) is 0 Å². The second-order valence-electron chi connectivity index (χ2n) is 2.23. The van der Waals surface area contributed by atoms with Gasteiger partial charge in [-0.2, -0.15) is 0 Å². The van der Waals surface area contributed by atoms with Gasteiger partial charge in [-0.25, -0.2) is 0 Å². The van der Waals surface area contributed by atoms with Crippen LogP contribution in [0, 0.1) is 17.8 Å². The van der Waals surface area contributed by atoms with Gasteiger partial charge in [0.1, 0.15) is 0 Å². The van der Waals surface area contributed by atoms with E-state index in [4.69, 9.17) is 6.42 Å². The topological polar surface area (TPSA) is 0 Å². The first-order valence-corrected chi connectivity index (χ1v) is 3.22. The molecular weight excluding hydrogens is 152 g/mol. The van der Waals surface area contributed by atoms with E-state index in [2.05, 4.69) is 28.8 Å². The summed E-state index contributed by atoms with van der Waals surface area (Å²) in [5, 5.41) is 0. The van der Waals surface area contributed by atoms with Crippen LogP contribution in [0.1, 0.15) is 13.3 Å². The molecule has 0 aliphatic heterocycles. The van der Waals surface area contributed by atoms with E-state index in [9.17, 15) is 0 Å². The lowest BCUT2D eigenvalue weighted by Crippen LogP contribution is -1.88. The van der Waals surface area contributed by atoms with Crippen molar-refractivity contribution in [1.82, 2.24) is 0 Å². The summed E-state index contributed by atoms with van der Waals surface area (Å²) in [6.45, 7) is 2.09. The molecular formula is C6H7Br. The molecule has 0 nitrogen and oxygen atoms in total. The maximum Gasteiger partial charge on any atom is 0.0420 e. The fraction of sp³-hybridized carbons (Fsp3) is 0.667. The van der Waals surface area contributed by atoms with Crippen LogP contribution in [0.4, 0.5) is 0 Å². The molecule has 1 fully saturated rings. The molecule has 0 heterocycles. The maximum atomic E-state index is 5.18. The Labute approximate surface area is 52.4 Å². The van der Waals surface area contributed by atoms with Crippen molar-refractivity contribution >= 4 is 15.9 Å². The summed E-state index contributed by atoms with van der Waals surface area (Å²) in [6, 6.07) is 0. The fourth-order valence-corrected chi connectivity index (χ4v) is 1.27. The summed E-state index contributed by atoms with van der Waals surface area (Å²) in [6.07, 6.45) is 6.32. The normalized spacial score (nSPS) is 47.9. The second kappa shape index (κ2) is 1.26. The number of halogens is 1. The Morgan fingerprint density at radius 2 is 2.43 bits per heavy atom. The second-order valence-corrected chi connectivity index (χ2v) is 3.34. The summed E-state index contributed by atoms with van der Waals surface area (Å²) >= 11 is 3.42. The molecule has 7 heavy (non-hydrogen) atoms. The third kappa shape index (κ3) is 0.680. The molecule has 2 atom stereocenters. The molecule has 38 valence electrons. The van der Waals surface area contributed by atoms with E-state index in [-0.39, 0.29) is 5.41 Å². The number of hydrogen-bond acceptors (Lipinski definition) is 0. The Morgan fingerprint density at radius 1 is 2.00 bits per heavy atom. The summed E-state index contributed by atoms with van der Waals surface area (Å²) in [4.78, 5) is 0.588. The van der Waals surface area contributed by atoms with Gasteiger partial charge in [-0.1, -0.05) is 21.9 Å². The summed E-state index contributed by atoms with van der Waals surface area (Å²) < 4.78 is 0. The smallest absolute Gasteiger partial charge is 0.0420 e. The quantitative estimate of drug-likeness (QED) is 0.373. The van der Waals surface area contributed by atoms with Crippen molar-refractivity contribution in [1.29, 1.82) is 0 Å². The zero-order valence-corrected chi connectivity index (χ0v) is 5.83. The molecule has 0 radical (unpaired) electrons. The van der Waals surface area contributed by atoms with Crippen LogP contribution in [-0.2, 0) is 0 Å². The number of hydrogen-bond donors (Lipinski definition) is 0. The highest BCUT2D eigenvalue weighted by Gasteiger charge is 2.46. The third-order valence-electron chi connectivity index (χ3n) is 1.46. The van der Waals surface area contributed by atoms with E-state index in [1.165, 1.54) is 0 Å². The molecule has 0 saturated heterocycles. The minimum absolute atomic E-state index is 0.194. The monoisotopic (exact) mass is 158 g/mol. The first kappa shape index (κ1) is 5.18. The first-order valence-electron chi connectivity index (χ1n) is 2.31. The van der Waals surface area contributed by atoms with Gasteiger partial charge >= 0.3 is 0 Å². The summed E-state index contributed by atoms with van der Waals surface area (Å²) in [5.74, 6) is 2.72. The number of rotatable bonds is 0. The highest BCUT2D eigenvalue weighted by Crippen LogP contribution is 2.50. The molecule has 0 spiro atoms. The Hall–Kier alpha value is 0.0400. The third-order valence-corrected chi connectivity index (χ3v) is 2.80. The molecule has 0 bridgehead atoms. The van der Waals surface area contributed by atoms with Crippen molar-refractivity contribution in [2.45, 2.75) is 18.2 Å². The van der Waals surface area contributed by atoms with Crippen LogP contribution in [0.3, 0.4) is 0 Å². The Balaban J connectivity index is 2.57. The molecule has 0 N–H and O–H groups in total. The summed E-state index contributed by atoms with van der Waals surface area (Å²) in [7, 11) is 0. The van der Waals surface area contributed by atoms with Crippen molar-refractivity contribution in [3.8, 4) is 12.3 Å². The fourth-order valence-electron chi connectivity index (χ4n) is 0.463. The van der Waals surface area contributed by atoms with Crippen molar-refractivity contribution in [2.75, 3.05) is 0 Å². The molecule has 1 aliphatic rings. The van der Waals surface area contributed by atoms with E-state index in [1.54, 1.807) is 0 Å². The minimum Gasteiger partial charge on any atom is -0.119 e. The Bertz CT molecular complexity index is 123. The van der Waals surface area contributed by atoms with Gasteiger partial charge in [-0.05, 0) is 13.3 Å². The van der Waals surface area contributed by atoms with Crippen LogP contribution >= 0.6 is 15.9 Å². The van der Waals surface area contributed by atoms with Crippen LogP contribution in [0.25, 0.3) is 0 Å². The lowest BCUT2D eigenvalue weighted by atomic mass is 10.2. The van der Waals surface area contributed by atoms with Gasteiger partial charge in [-0.15, -0.1) is 6.42 Å². The van der Waals surface area contributed by atoms with Crippen LogP contribution in [-0.4, -0.2) is 4.83 Å². The van der Waals surface area contributed by atoms with E-state index < -0.39 is 0 Å². The van der Waals surface area contributed by atoms with E-state index in [0.717, 1.165) is 6.42 Å². The molecule has 1 rings (SSSR count). The van der Waals surface area contributed by atoms with E-state index in [0.29, 0.717) is 4.83 Å². The van der Waals surface area contributed by atoms with Crippen molar-refractivity contribution in [2.24, 2.45) is 5.41 Å². The highest BCUT2D eigenvalue weighted by molar-refractivity contribution is 9.09. The van der Waals surface area contributed by atoms with E-state index in [1.807, 2.05) is 0 Å². The highest BCUT2D eigenvalue weighted by atomic mass is 79.9. The molecule has 0 amide bonds. The zero-order chi connectivity index (χ0) is 5.49. The predicted molar refractivity (Wildman–Crippen MR) is 34.3 cm³/mol. The van der Waals surface area contributed by atoms with Gasteiger partial charge < -0.3 is 0 Å². The van der Waals surface area contributed by atoms with Crippen LogP contribution < -0.4 is 0 Å². The van der Waals surface area contributed by atoms with Crippen LogP contribution in [0.15, 0.2) is 0 Å². The lowest BCUT2D eigenvalue weighted by molar-refractivity contribution is 0.791. The van der Waals surface area contributed by atoms with Gasteiger partial charge in [0, 0.05) is 10.2 Å². The van der Waals surface area contributed by atoms with Crippen molar-refractivity contribution < 1.29 is 0 Å². The Morgan fingerprint density at radius 3 is 2.43 bits per heavy atom. The standard InChI is InChI=1S/C6H7Br/c1-3-6(2)4-5(6)7/h1,5H,4H2,2H3/t5-,6-/m0/s1. The van der Waals surface area contributed by atoms with Gasteiger partial charge in [0.05, 0.1) is 0 Å². The number of terminal acetylenes is 1. The molecule has 1 saturated carbocycles. The van der Waals surface area contributed by atoms with Crippen LogP contribution in [0.5, 0.6) is 0 Å².